The Morgan fingerprint density at radius 2 is 1.74 bits per heavy atom. The first-order chi connectivity index (χ1) is 9.10. The van der Waals surface area contributed by atoms with Gasteiger partial charge in [-0.15, -0.1) is 0 Å². The molecule has 0 aromatic heterocycles. The molecule has 96 valence electrons. The Kier molecular flexibility index (Phi) is 4.16. The number of anilines is 1. The van der Waals surface area contributed by atoms with E-state index in [4.69, 9.17) is 38.9 Å². The van der Waals surface area contributed by atoms with E-state index in [1.807, 2.05) is 12.1 Å². The van der Waals surface area contributed by atoms with Crippen LogP contribution in [0.1, 0.15) is 11.1 Å². The second-order valence-electron chi connectivity index (χ2n) is 3.90. The number of nitrogen functional groups attached to an aromatic ring is 1. The maximum absolute atomic E-state index is 8.70. The van der Waals surface area contributed by atoms with Crippen molar-refractivity contribution < 1.29 is 4.74 Å². The summed E-state index contributed by atoms with van der Waals surface area (Å²) in [7, 11) is 0. The molecule has 0 aliphatic rings. The normalized spacial score (nSPS) is 9.95. The molecule has 3 nitrogen and oxygen atoms in total. The van der Waals surface area contributed by atoms with E-state index >= 15 is 0 Å². The van der Waals surface area contributed by atoms with Crippen LogP contribution in [0.2, 0.25) is 10.0 Å². The summed E-state index contributed by atoms with van der Waals surface area (Å²) < 4.78 is 5.58. The lowest BCUT2D eigenvalue weighted by Gasteiger charge is -2.10. The predicted molar refractivity (Wildman–Crippen MR) is 76.4 cm³/mol. The molecule has 0 fully saturated rings. The average molecular weight is 293 g/mol. The van der Waals surface area contributed by atoms with Gasteiger partial charge in [-0.2, -0.15) is 5.26 Å². The number of hydrogen-bond acceptors (Lipinski definition) is 3. The number of halogens is 2. The van der Waals surface area contributed by atoms with Crippen molar-refractivity contribution in [2.75, 3.05) is 5.73 Å². The second-order valence-corrected chi connectivity index (χ2v) is 4.72. The third-order valence-electron chi connectivity index (χ3n) is 2.53. The van der Waals surface area contributed by atoms with Crippen LogP contribution in [0.25, 0.3) is 0 Å². The molecule has 5 heteroatoms. The van der Waals surface area contributed by atoms with Crippen molar-refractivity contribution in [2.24, 2.45) is 0 Å². The van der Waals surface area contributed by atoms with Gasteiger partial charge >= 0.3 is 0 Å². The smallest absolute Gasteiger partial charge is 0.144 e. The third-order valence-corrected chi connectivity index (χ3v) is 3.25. The van der Waals surface area contributed by atoms with Crippen LogP contribution in [0.3, 0.4) is 0 Å². The Labute approximate surface area is 121 Å². The van der Waals surface area contributed by atoms with Crippen molar-refractivity contribution in [3.8, 4) is 11.8 Å². The fourth-order valence-corrected chi connectivity index (χ4v) is 1.83. The Hall–Kier alpha value is -1.89. The number of hydrogen-bond donors (Lipinski definition) is 1. The molecule has 0 aliphatic carbocycles. The van der Waals surface area contributed by atoms with Gasteiger partial charge in [0.05, 0.1) is 27.4 Å². The van der Waals surface area contributed by atoms with E-state index in [0.717, 1.165) is 5.56 Å². The number of ether oxygens (including phenoxy) is 1. The quantitative estimate of drug-likeness (QED) is 0.869. The van der Waals surface area contributed by atoms with Gasteiger partial charge in [-0.25, -0.2) is 0 Å². The lowest BCUT2D eigenvalue weighted by Crippen LogP contribution is -1.99. The molecule has 0 saturated heterocycles. The highest BCUT2D eigenvalue weighted by atomic mass is 35.5. The number of rotatable bonds is 3. The summed E-state index contributed by atoms with van der Waals surface area (Å²) in [6.45, 7) is 0.341. The fourth-order valence-electron chi connectivity index (χ4n) is 1.51. The Bertz CT molecular complexity index is 633. The molecule has 0 radical (unpaired) electrons. The molecule has 2 aromatic carbocycles. The Morgan fingerprint density at radius 3 is 2.37 bits per heavy atom. The molecule has 0 unspecified atom stereocenters. The molecule has 2 rings (SSSR count). The molecule has 0 aliphatic heterocycles. The van der Waals surface area contributed by atoms with Crippen molar-refractivity contribution >= 4 is 28.9 Å². The summed E-state index contributed by atoms with van der Waals surface area (Å²) in [5, 5.41) is 9.49. The fraction of sp³-hybridized carbons (Fsp3) is 0.0714. The van der Waals surface area contributed by atoms with E-state index in [0.29, 0.717) is 33.7 Å². The summed E-state index contributed by atoms with van der Waals surface area (Å²) in [4.78, 5) is 0. The number of nitrogens with two attached hydrogens (primary N) is 1. The van der Waals surface area contributed by atoms with E-state index < -0.39 is 0 Å². The predicted octanol–water partition coefficient (Wildman–Crippen LogP) is 4.03. The Morgan fingerprint density at radius 1 is 1.11 bits per heavy atom. The van der Waals surface area contributed by atoms with Gasteiger partial charge in [0.2, 0.25) is 0 Å². The van der Waals surface area contributed by atoms with Gasteiger partial charge in [0, 0.05) is 6.07 Å². The van der Waals surface area contributed by atoms with Crippen molar-refractivity contribution in [1.82, 2.24) is 0 Å². The van der Waals surface area contributed by atoms with Gasteiger partial charge in [0.15, 0.2) is 0 Å². The molecule has 0 amide bonds. The van der Waals surface area contributed by atoms with Gasteiger partial charge in [-0.3, -0.25) is 0 Å². The zero-order chi connectivity index (χ0) is 13.8. The average Bonchev–Trinajstić information content (AvgIpc) is 2.42. The second kappa shape index (κ2) is 5.83. The minimum absolute atomic E-state index is 0.341. The SMILES string of the molecule is N#Cc1ccc(COc2cc(Cl)c(Cl)cc2N)cc1. The number of benzene rings is 2. The van der Waals surface area contributed by atoms with Gasteiger partial charge in [-0.05, 0) is 23.8 Å². The zero-order valence-corrected chi connectivity index (χ0v) is 11.4. The largest absolute Gasteiger partial charge is 0.487 e. The summed E-state index contributed by atoms with van der Waals surface area (Å²) in [5.74, 6) is 0.485. The summed E-state index contributed by atoms with van der Waals surface area (Å²) >= 11 is 11.7. The lowest BCUT2D eigenvalue weighted by atomic mass is 10.1. The molecule has 0 heterocycles. The van der Waals surface area contributed by atoms with E-state index in [1.54, 1.807) is 24.3 Å². The standard InChI is InChI=1S/C14H10Cl2N2O/c15-11-5-13(18)14(6-12(11)16)19-8-10-3-1-9(7-17)2-4-10/h1-6H,8,18H2. The van der Waals surface area contributed by atoms with Crippen LogP contribution >= 0.6 is 23.2 Å². The van der Waals surface area contributed by atoms with Gasteiger partial charge in [0.1, 0.15) is 12.4 Å². The van der Waals surface area contributed by atoms with Crippen LogP contribution in [-0.2, 0) is 6.61 Å². The molecule has 0 saturated carbocycles. The summed E-state index contributed by atoms with van der Waals surface area (Å²) in [6, 6.07) is 12.3. The minimum Gasteiger partial charge on any atom is -0.487 e. The van der Waals surface area contributed by atoms with Crippen LogP contribution in [0, 0.1) is 11.3 Å². The third kappa shape index (κ3) is 3.31. The van der Waals surface area contributed by atoms with Crippen molar-refractivity contribution in [1.29, 1.82) is 5.26 Å². The number of nitrogens with zero attached hydrogens (tertiary/aromatic N) is 1. The highest BCUT2D eigenvalue weighted by Crippen LogP contribution is 2.32. The molecular formula is C14H10Cl2N2O. The van der Waals surface area contributed by atoms with Crippen molar-refractivity contribution in [3.05, 3.63) is 57.6 Å². The van der Waals surface area contributed by atoms with E-state index in [-0.39, 0.29) is 0 Å². The molecular weight excluding hydrogens is 283 g/mol. The van der Waals surface area contributed by atoms with E-state index in [1.165, 1.54) is 0 Å². The maximum atomic E-state index is 8.70. The van der Waals surface area contributed by atoms with Gasteiger partial charge < -0.3 is 10.5 Å². The molecule has 0 spiro atoms. The number of nitriles is 1. The molecule has 0 bridgehead atoms. The first kappa shape index (κ1) is 13.5. The molecule has 2 N–H and O–H groups in total. The van der Waals surface area contributed by atoms with Crippen LogP contribution in [-0.4, -0.2) is 0 Å². The summed E-state index contributed by atoms with van der Waals surface area (Å²) in [6.07, 6.45) is 0. The first-order valence-electron chi connectivity index (χ1n) is 5.46. The van der Waals surface area contributed by atoms with Gasteiger partial charge in [-0.1, -0.05) is 35.3 Å². The topological polar surface area (TPSA) is 59.0 Å². The van der Waals surface area contributed by atoms with Crippen LogP contribution in [0.5, 0.6) is 5.75 Å². The minimum atomic E-state index is 0.341. The van der Waals surface area contributed by atoms with Crippen molar-refractivity contribution in [2.45, 2.75) is 6.61 Å². The van der Waals surface area contributed by atoms with Gasteiger partial charge in [0.25, 0.3) is 0 Å². The van der Waals surface area contributed by atoms with Crippen molar-refractivity contribution in [3.63, 3.8) is 0 Å². The summed E-state index contributed by atoms with van der Waals surface area (Å²) in [5.41, 5.74) is 7.77. The highest BCUT2D eigenvalue weighted by Gasteiger charge is 2.06. The molecule has 2 aromatic rings. The maximum Gasteiger partial charge on any atom is 0.144 e. The van der Waals surface area contributed by atoms with Crippen LogP contribution in [0.4, 0.5) is 5.69 Å². The van der Waals surface area contributed by atoms with E-state index in [9.17, 15) is 0 Å². The monoisotopic (exact) mass is 292 g/mol. The molecule has 0 atom stereocenters. The lowest BCUT2D eigenvalue weighted by molar-refractivity contribution is 0.308. The highest BCUT2D eigenvalue weighted by molar-refractivity contribution is 6.42. The van der Waals surface area contributed by atoms with Crippen LogP contribution in [0.15, 0.2) is 36.4 Å². The Balaban J connectivity index is 2.10. The first-order valence-corrected chi connectivity index (χ1v) is 6.22. The van der Waals surface area contributed by atoms with Crippen LogP contribution < -0.4 is 10.5 Å². The van der Waals surface area contributed by atoms with E-state index in [2.05, 4.69) is 6.07 Å². The zero-order valence-electron chi connectivity index (χ0n) is 9.86. The molecule has 19 heavy (non-hydrogen) atoms.